The van der Waals surface area contributed by atoms with Crippen molar-refractivity contribution in [2.75, 3.05) is 41.8 Å². The molecule has 1 aromatic carbocycles. The van der Waals surface area contributed by atoms with Crippen LogP contribution in [0.15, 0.2) is 47.6 Å². The van der Waals surface area contributed by atoms with Gasteiger partial charge in [0.1, 0.15) is 23.8 Å². The molecule has 1 aliphatic rings. The third-order valence-electron chi connectivity index (χ3n) is 4.41. The molecule has 30 heavy (non-hydrogen) atoms. The molecular weight excluding hydrogens is 402 g/mol. The Bertz CT molecular complexity index is 1020. The van der Waals surface area contributed by atoms with E-state index in [4.69, 9.17) is 4.74 Å². The van der Waals surface area contributed by atoms with Gasteiger partial charge in [-0.25, -0.2) is 9.97 Å². The maximum absolute atomic E-state index is 11.2. The summed E-state index contributed by atoms with van der Waals surface area (Å²) < 4.78 is 7.23. The number of carbonyl (C=O) groups excluding carboxylic acids is 1. The molecule has 1 aliphatic heterocycles. The predicted octanol–water partition coefficient (Wildman–Crippen LogP) is 3.08. The van der Waals surface area contributed by atoms with E-state index in [-0.39, 0.29) is 5.91 Å². The Labute approximate surface area is 179 Å². The first-order valence-corrected chi connectivity index (χ1v) is 10.4. The average molecular weight is 426 g/mol. The number of aromatic nitrogens is 4. The standard InChI is InChI=1S/C20H23N7O2S/c1-14-11-20(24-18-12-19(22-13-21-18)26-7-9-29-10-8-26)27(25-14)30-17-5-3-16(4-6-17)23-15(2)28/h3-6,11-13H,7-10H2,1-2H3,(H,23,28)(H,21,22,24). The zero-order chi connectivity index (χ0) is 20.9. The normalized spacial score (nSPS) is 13.9. The molecule has 1 fully saturated rings. The fraction of sp³-hybridized carbons (Fsp3) is 0.300. The number of hydrogen-bond acceptors (Lipinski definition) is 8. The topological polar surface area (TPSA) is 97.2 Å². The Morgan fingerprint density at radius 3 is 2.63 bits per heavy atom. The number of aryl methyl sites for hydroxylation is 1. The Hall–Kier alpha value is -3.11. The van der Waals surface area contributed by atoms with E-state index in [9.17, 15) is 4.79 Å². The van der Waals surface area contributed by atoms with Gasteiger partial charge in [0.05, 0.1) is 18.9 Å². The summed E-state index contributed by atoms with van der Waals surface area (Å²) in [6, 6.07) is 11.5. The average Bonchev–Trinajstić information content (AvgIpc) is 3.08. The van der Waals surface area contributed by atoms with Crippen molar-refractivity contribution in [3.63, 3.8) is 0 Å². The fourth-order valence-corrected chi connectivity index (χ4v) is 3.87. The molecule has 0 unspecified atom stereocenters. The summed E-state index contributed by atoms with van der Waals surface area (Å²) in [4.78, 5) is 23.1. The van der Waals surface area contributed by atoms with Gasteiger partial charge in [0.25, 0.3) is 0 Å². The molecule has 2 aromatic heterocycles. The molecule has 0 saturated carbocycles. The second kappa shape index (κ2) is 9.14. The van der Waals surface area contributed by atoms with Crippen LogP contribution in [0.25, 0.3) is 0 Å². The lowest BCUT2D eigenvalue weighted by atomic mass is 10.3. The van der Waals surface area contributed by atoms with Gasteiger partial charge in [-0.15, -0.1) is 0 Å². The second-order valence-electron chi connectivity index (χ2n) is 6.83. The molecule has 1 amide bonds. The molecule has 9 nitrogen and oxygen atoms in total. The van der Waals surface area contributed by atoms with Gasteiger partial charge in [-0.1, -0.05) is 0 Å². The Morgan fingerprint density at radius 2 is 1.90 bits per heavy atom. The van der Waals surface area contributed by atoms with Crippen molar-refractivity contribution >= 4 is 41.0 Å². The molecule has 2 N–H and O–H groups in total. The molecule has 0 bridgehead atoms. The van der Waals surface area contributed by atoms with E-state index in [2.05, 4.69) is 30.6 Å². The zero-order valence-electron chi connectivity index (χ0n) is 16.8. The smallest absolute Gasteiger partial charge is 0.221 e. The van der Waals surface area contributed by atoms with Gasteiger partial charge in [0.2, 0.25) is 5.91 Å². The molecule has 4 rings (SSSR count). The second-order valence-corrected chi connectivity index (χ2v) is 7.83. The molecule has 1 saturated heterocycles. The largest absolute Gasteiger partial charge is 0.378 e. The van der Waals surface area contributed by atoms with Crippen LogP contribution in [0.4, 0.5) is 23.1 Å². The number of nitrogens with zero attached hydrogens (tertiary/aromatic N) is 5. The molecule has 10 heteroatoms. The maximum atomic E-state index is 11.2. The number of morpholine rings is 1. The van der Waals surface area contributed by atoms with Gasteiger partial charge in [-0.3, -0.25) is 4.79 Å². The Balaban J connectivity index is 1.49. The summed E-state index contributed by atoms with van der Waals surface area (Å²) in [7, 11) is 0. The predicted molar refractivity (Wildman–Crippen MR) is 117 cm³/mol. The lowest BCUT2D eigenvalue weighted by molar-refractivity contribution is -0.114. The van der Waals surface area contributed by atoms with Crippen LogP contribution in [0.5, 0.6) is 0 Å². The number of amides is 1. The van der Waals surface area contributed by atoms with Crippen molar-refractivity contribution in [2.24, 2.45) is 0 Å². The summed E-state index contributed by atoms with van der Waals surface area (Å²) in [6.07, 6.45) is 1.56. The number of benzene rings is 1. The third kappa shape index (κ3) is 5.08. The van der Waals surface area contributed by atoms with E-state index >= 15 is 0 Å². The molecule has 3 aromatic rings. The van der Waals surface area contributed by atoms with E-state index < -0.39 is 0 Å². The van der Waals surface area contributed by atoms with Crippen LogP contribution in [-0.4, -0.2) is 51.4 Å². The van der Waals surface area contributed by atoms with Gasteiger partial charge >= 0.3 is 0 Å². The fourth-order valence-electron chi connectivity index (χ4n) is 3.05. The van der Waals surface area contributed by atoms with Crippen LogP contribution >= 0.6 is 11.9 Å². The zero-order valence-corrected chi connectivity index (χ0v) is 17.6. The quantitative estimate of drug-likeness (QED) is 0.622. The van der Waals surface area contributed by atoms with Crippen LogP contribution in [0.3, 0.4) is 0 Å². The summed E-state index contributed by atoms with van der Waals surface area (Å²) in [5.41, 5.74) is 1.65. The number of anilines is 4. The van der Waals surface area contributed by atoms with Crippen molar-refractivity contribution in [1.29, 1.82) is 0 Å². The molecule has 156 valence electrons. The van der Waals surface area contributed by atoms with Crippen molar-refractivity contribution < 1.29 is 9.53 Å². The Kier molecular flexibility index (Phi) is 6.15. The van der Waals surface area contributed by atoms with Crippen molar-refractivity contribution in [3.8, 4) is 0 Å². The summed E-state index contributed by atoms with van der Waals surface area (Å²) in [6.45, 7) is 6.48. The highest BCUT2D eigenvalue weighted by Gasteiger charge is 2.14. The summed E-state index contributed by atoms with van der Waals surface area (Å²) in [5, 5.41) is 10.7. The SMILES string of the molecule is CC(=O)Nc1ccc(Sn2nc(C)cc2Nc2cc(N3CCOCC3)ncn2)cc1. The van der Waals surface area contributed by atoms with Gasteiger partial charge in [0, 0.05) is 54.7 Å². The van der Waals surface area contributed by atoms with Crippen molar-refractivity contribution in [1.82, 2.24) is 19.2 Å². The molecule has 0 radical (unpaired) electrons. The van der Waals surface area contributed by atoms with Crippen LogP contribution in [0.1, 0.15) is 12.6 Å². The first-order valence-electron chi connectivity index (χ1n) is 9.61. The van der Waals surface area contributed by atoms with E-state index in [0.717, 1.165) is 41.0 Å². The molecule has 3 heterocycles. The molecule has 0 aliphatic carbocycles. The van der Waals surface area contributed by atoms with Crippen molar-refractivity contribution in [3.05, 3.63) is 48.4 Å². The molecular formula is C20H23N7O2S. The van der Waals surface area contributed by atoms with Gasteiger partial charge in [0.15, 0.2) is 0 Å². The maximum Gasteiger partial charge on any atom is 0.221 e. The minimum Gasteiger partial charge on any atom is -0.378 e. The van der Waals surface area contributed by atoms with Crippen molar-refractivity contribution in [2.45, 2.75) is 18.7 Å². The highest BCUT2D eigenvalue weighted by atomic mass is 32.2. The highest BCUT2D eigenvalue weighted by molar-refractivity contribution is 7.97. The van der Waals surface area contributed by atoms with E-state index in [1.54, 1.807) is 6.33 Å². The summed E-state index contributed by atoms with van der Waals surface area (Å²) in [5.74, 6) is 2.30. The van der Waals surface area contributed by atoms with Crippen LogP contribution in [0.2, 0.25) is 0 Å². The first kappa shape index (κ1) is 20.2. The third-order valence-corrected chi connectivity index (χ3v) is 5.34. The van der Waals surface area contributed by atoms with E-state index in [1.807, 2.05) is 47.4 Å². The Morgan fingerprint density at radius 1 is 1.13 bits per heavy atom. The number of nitrogens with one attached hydrogen (secondary N) is 2. The lowest BCUT2D eigenvalue weighted by Crippen LogP contribution is -2.36. The van der Waals surface area contributed by atoms with Crippen LogP contribution in [0, 0.1) is 6.92 Å². The van der Waals surface area contributed by atoms with Gasteiger partial charge in [-0.05, 0) is 31.2 Å². The minimum absolute atomic E-state index is 0.0918. The summed E-state index contributed by atoms with van der Waals surface area (Å²) >= 11 is 1.47. The molecule has 0 spiro atoms. The first-order chi connectivity index (χ1) is 14.6. The number of ether oxygens (including phenoxy) is 1. The van der Waals surface area contributed by atoms with Crippen LogP contribution in [-0.2, 0) is 9.53 Å². The van der Waals surface area contributed by atoms with E-state index in [0.29, 0.717) is 19.0 Å². The number of hydrogen-bond donors (Lipinski definition) is 2. The lowest BCUT2D eigenvalue weighted by Gasteiger charge is -2.27. The van der Waals surface area contributed by atoms with E-state index in [1.165, 1.54) is 18.9 Å². The van der Waals surface area contributed by atoms with Gasteiger partial charge < -0.3 is 20.3 Å². The monoisotopic (exact) mass is 425 g/mol. The highest BCUT2D eigenvalue weighted by Crippen LogP contribution is 2.28. The number of carbonyl (C=O) groups is 1. The number of rotatable bonds is 6. The molecule has 0 atom stereocenters. The minimum atomic E-state index is -0.0918. The van der Waals surface area contributed by atoms with Crippen LogP contribution < -0.4 is 15.5 Å². The van der Waals surface area contributed by atoms with Gasteiger partial charge in [-0.2, -0.15) is 9.19 Å².